The summed E-state index contributed by atoms with van der Waals surface area (Å²) in [6, 6.07) is 13.0. The lowest BCUT2D eigenvalue weighted by molar-refractivity contribution is 0.00205. The van der Waals surface area contributed by atoms with Crippen LogP contribution in [0.25, 0.3) is 11.3 Å². The van der Waals surface area contributed by atoms with Crippen molar-refractivity contribution in [2.45, 2.75) is 32.3 Å². The molecule has 2 heterocycles. The van der Waals surface area contributed by atoms with Crippen LogP contribution in [0.4, 0.5) is 0 Å². The highest BCUT2D eigenvalue weighted by atomic mass is 16.5. The van der Waals surface area contributed by atoms with E-state index < -0.39 is 0 Å². The zero-order valence-electron chi connectivity index (χ0n) is 14.5. The van der Waals surface area contributed by atoms with E-state index in [4.69, 9.17) is 4.74 Å². The Morgan fingerprint density at radius 2 is 2.04 bits per heavy atom. The highest BCUT2D eigenvalue weighted by Crippen LogP contribution is 2.17. The van der Waals surface area contributed by atoms with Crippen LogP contribution >= 0.6 is 0 Å². The average molecular weight is 340 g/mol. The summed E-state index contributed by atoms with van der Waals surface area (Å²) < 4.78 is 5.78. The van der Waals surface area contributed by atoms with Crippen molar-refractivity contribution in [3.05, 3.63) is 58.4 Å². The molecule has 0 radical (unpaired) electrons. The molecule has 1 amide bonds. The minimum absolute atomic E-state index is 0.0697. The molecular weight excluding hydrogens is 316 g/mol. The number of aromatic nitrogens is 1. The maximum Gasteiger partial charge on any atom is 0.261 e. The van der Waals surface area contributed by atoms with Gasteiger partial charge in [-0.05, 0) is 37.0 Å². The second-order valence-electron chi connectivity index (χ2n) is 6.37. The van der Waals surface area contributed by atoms with Crippen LogP contribution in [0, 0.1) is 0 Å². The first-order valence-corrected chi connectivity index (χ1v) is 8.88. The standard InChI is InChI=1S/C20H24N2O3/c1-2-13-25-16-9-6-12-22(14-16)20(24)17-10-11-18(21-19(17)23)15-7-4-3-5-8-15/h3-5,7-8,10-11,16H,2,6,9,12-14H2,1H3,(H,21,23). The van der Waals surface area contributed by atoms with E-state index in [-0.39, 0.29) is 23.1 Å². The molecule has 1 aromatic carbocycles. The molecule has 1 aliphatic rings. The average Bonchev–Trinajstić information content (AvgIpc) is 2.66. The maximum atomic E-state index is 12.7. The summed E-state index contributed by atoms with van der Waals surface area (Å²) in [5.74, 6) is -0.217. The molecule has 1 unspecified atom stereocenters. The topological polar surface area (TPSA) is 62.4 Å². The number of H-pyrrole nitrogens is 1. The Labute approximate surface area is 147 Å². The van der Waals surface area contributed by atoms with Crippen LogP contribution in [0.15, 0.2) is 47.3 Å². The Morgan fingerprint density at radius 1 is 1.24 bits per heavy atom. The van der Waals surface area contributed by atoms with Gasteiger partial charge in [-0.2, -0.15) is 0 Å². The molecule has 1 saturated heterocycles. The smallest absolute Gasteiger partial charge is 0.261 e. The number of pyridine rings is 1. The van der Waals surface area contributed by atoms with E-state index in [1.54, 1.807) is 17.0 Å². The van der Waals surface area contributed by atoms with E-state index >= 15 is 0 Å². The number of rotatable bonds is 5. The molecule has 5 nitrogen and oxygen atoms in total. The minimum atomic E-state index is -0.344. The van der Waals surface area contributed by atoms with Crippen LogP contribution in [0.3, 0.4) is 0 Å². The lowest BCUT2D eigenvalue weighted by Crippen LogP contribution is -2.44. The van der Waals surface area contributed by atoms with Gasteiger partial charge in [0.25, 0.3) is 11.5 Å². The quantitative estimate of drug-likeness (QED) is 0.910. The van der Waals surface area contributed by atoms with Crippen LogP contribution in [0.1, 0.15) is 36.5 Å². The lowest BCUT2D eigenvalue weighted by Gasteiger charge is -2.32. The van der Waals surface area contributed by atoms with Crippen LogP contribution in [-0.2, 0) is 4.74 Å². The molecule has 0 spiro atoms. The number of ether oxygens (including phenoxy) is 1. The normalized spacial score (nSPS) is 17.5. The second-order valence-corrected chi connectivity index (χ2v) is 6.37. The fourth-order valence-corrected chi connectivity index (χ4v) is 3.14. The molecule has 0 aliphatic carbocycles. The molecule has 2 aromatic rings. The molecule has 1 aromatic heterocycles. The first-order chi connectivity index (χ1) is 12.2. The van der Waals surface area contributed by atoms with E-state index in [1.165, 1.54) is 0 Å². The molecular formula is C20H24N2O3. The number of carbonyl (C=O) groups excluding carboxylic acids is 1. The van der Waals surface area contributed by atoms with Gasteiger partial charge in [0.2, 0.25) is 0 Å². The Morgan fingerprint density at radius 3 is 2.76 bits per heavy atom. The summed E-state index contributed by atoms with van der Waals surface area (Å²) in [5.41, 5.74) is 1.48. The molecule has 1 aliphatic heterocycles. The molecule has 1 atom stereocenters. The fourth-order valence-electron chi connectivity index (χ4n) is 3.14. The van der Waals surface area contributed by atoms with Gasteiger partial charge in [0, 0.05) is 25.4 Å². The predicted octanol–water partition coefficient (Wildman–Crippen LogP) is 3.07. The third kappa shape index (κ3) is 4.17. The molecule has 3 rings (SSSR count). The van der Waals surface area contributed by atoms with Crippen molar-refractivity contribution < 1.29 is 9.53 Å². The summed E-state index contributed by atoms with van der Waals surface area (Å²) in [4.78, 5) is 29.7. The first kappa shape index (κ1) is 17.4. The van der Waals surface area contributed by atoms with Gasteiger partial charge < -0.3 is 14.6 Å². The van der Waals surface area contributed by atoms with Gasteiger partial charge in [0.15, 0.2) is 0 Å². The summed E-state index contributed by atoms with van der Waals surface area (Å²) in [7, 11) is 0. The maximum absolute atomic E-state index is 12.7. The van der Waals surface area contributed by atoms with Crippen molar-refractivity contribution >= 4 is 5.91 Å². The summed E-state index contributed by atoms with van der Waals surface area (Å²) in [6.45, 7) is 4.00. The van der Waals surface area contributed by atoms with Crippen LogP contribution in [-0.4, -0.2) is 41.6 Å². The zero-order chi connectivity index (χ0) is 17.6. The number of hydrogen-bond donors (Lipinski definition) is 1. The van der Waals surface area contributed by atoms with E-state index in [0.29, 0.717) is 25.4 Å². The molecule has 5 heteroatoms. The van der Waals surface area contributed by atoms with Gasteiger partial charge >= 0.3 is 0 Å². The number of carbonyl (C=O) groups is 1. The number of likely N-dealkylation sites (tertiary alicyclic amines) is 1. The number of aromatic amines is 1. The molecule has 1 fully saturated rings. The van der Waals surface area contributed by atoms with Crippen LogP contribution in [0.2, 0.25) is 0 Å². The largest absolute Gasteiger partial charge is 0.376 e. The highest BCUT2D eigenvalue weighted by Gasteiger charge is 2.26. The van der Waals surface area contributed by atoms with Crippen molar-refractivity contribution in [1.29, 1.82) is 0 Å². The highest BCUT2D eigenvalue weighted by molar-refractivity contribution is 5.94. The zero-order valence-corrected chi connectivity index (χ0v) is 14.5. The second kappa shape index (κ2) is 8.12. The van der Waals surface area contributed by atoms with Crippen molar-refractivity contribution in [2.24, 2.45) is 0 Å². The lowest BCUT2D eigenvalue weighted by atomic mass is 10.1. The number of piperidine rings is 1. The molecule has 0 saturated carbocycles. The van der Waals surface area contributed by atoms with Gasteiger partial charge in [-0.15, -0.1) is 0 Å². The van der Waals surface area contributed by atoms with E-state index in [1.807, 2.05) is 30.3 Å². The van der Waals surface area contributed by atoms with Crippen molar-refractivity contribution in [2.75, 3.05) is 19.7 Å². The van der Waals surface area contributed by atoms with E-state index in [9.17, 15) is 9.59 Å². The Bertz CT molecular complexity index is 770. The number of amides is 1. The Hall–Kier alpha value is -2.40. The van der Waals surface area contributed by atoms with Gasteiger partial charge in [-0.3, -0.25) is 9.59 Å². The summed E-state index contributed by atoms with van der Waals surface area (Å²) in [6.07, 6.45) is 2.90. The third-order valence-electron chi connectivity index (χ3n) is 4.45. The number of nitrogens with one attached hydrogen (secondary N) is 1. The van der Waals surface area contributed by atoms with Crippen molar-refractivity contribution in [3.8, 4) is 11.3 Å². The summed E-state index contributed by atoms with van der Waals surface area (Å²) >= 11 is 0. The molecule has 0 bridgehead atoms. The van der Waals surface area contributed by atoms with Gasteiger partial charge in [-0.1, -0.05) is 37.3 Å². The van der Waals surface area contributed by atoms with Gasteiger partial charge in [0.1, 0.15) is 5.56 Å². The first-order valence-electron chi connectivity index (χ1n) is 8.88. The van der Waals surface area contributed by atoms with Gasteiger partial charge in [-0.25, -0.2) is 0 Å². The SMILES string of the molecule is CCCOC1CCCN(C(=O)c2ccc(-c3ccccc3)[nH]c2=O)C1. The number of nitrogens with zero attached hydrogens (tertiary/aromatic N) is 1. The molecule has 132 valence electrons. The fraction of sp³-hybridized carbons (Fsp3) is 0.400. The monoisotopic (exact) mass is 340 g/mol. The van der Waals surface area contributed by atoms with E-state index in [2.05, 4.69) is 11.9 Å². The van der Waals surface area contributed by atoms with Crippen molar-refractivity contribution in [1.82, 2.24) is 9.88 Å². The Kier molecular flexibility index (Phi) is 5.66. The minimum Gasteiger partial charge on any atom is -0.376 e. The Balaban J connectivity index is 1.75. The van der Waals surface area contributed by atoms with Crippen LogP contribution in [0.5, 0.6) is 0 Å². The van der Waals surface area contributed by atoms with E-state index in [0.717, 1.165) is 24.8 Å². The predicted molar refractivity (Wildman–Crippen MR) is 97.7 cm³/mol. The summed E-state index contributed by atoms with van der Waals surface area (Å²) in [5, 5.41) is 0. The van der Waals surface area contributed by atoms with Gasteiger partial charge in [0.05, 0.1) is 6.10 Å². The molecule has 1 N–H and O–H groups in total. The number of benzene rings is 1. The molecule has 25 heavy (non-hydrogen) atoms. The number of hydrogen-bond acceptors (Lipinski definition) is 3. The third-order valence-corrected chi connectivity index (χ3v) is 4.45. The van der Waals surface area contributed by atoms with Crippen LogP contribution < -0.4 is 5.56 Å². The van der Waals surface area contributed by atoms with Crippen molar-refractivity contribution in [3.63, 3.8) is 0 Å².